The molecule has 5 heteroatoms. The number of carbonyl (C=O) groups excluding carboxylic acids is 1. The lowest BCUT2D eigenvalue weighted by atomic mass is 10.2. The molecule has 1 unspecified atom stereocenters. The molecular weight excluding hydrogens is 252 g/mol. The van der Waals surface area contributed by atoms with Crippen LogP contribution in [0.4, 0.5) is 4.79 Å². The summed E-state index contributed by atoms with van der Waals surface area (Å²) in [6, 6.07) is 9.80. The van der Waals surface area contributed by atoms with Crippen molar-refractivity contribution in [3.05, 3.63) is 35.9 Å². The summed E-state index contributed by atoms with van der Waals surface area (Å²) in [7, 11) is 3.99. The van der Waals surface area contributed by atoms with E-state index in [9.17, 15) is 4.79 Å². The Kier molecular flexibility index (Phi) is 4.74. The van der Waals surface area contributed by atoms with E-state index in [-0.39, 0.29) is 12.2 Å². The summed E-state index contributed by atoms with van der Waals surface area (Å²) in [6.45, 7) is 3.46. The number of carbonyl (C=O) groups is 1. The number of benzene rings is 1. The topological polar surface area (TPSA) is 39.1 Å². The average molecular weight is 274 g/mol. The van der Waals surface area contributed by atoms with Crippen molar-refractivity contribution >= 4 is 12.2 Å². The van der Waals surface area contributed by atoms with E-state index in [0.717, 1.165) is 18.5 Å². The fourth-order valence-electron chi connectivity index (χ4n) is 2.47. The molecule has 1 heterocycles. The van der Waals surface area contributed by atoms with Crippen molar-refractivity contribution in [3.8, 4) is 0 Å². The van der Waals surface area contributed by atoms with Gasteiger partial charge in [0.05, 0.1) is 18.9 Å². The summed E-state index contributed by atoms with van der Waals surface area (Å²) in [6.07, 6.45) is 2.78. The van der Waals surface area contributed by atoms with E-state index in [4.69, 9.17) is 0 Å². The molecule has 20 heavy (non-hydrogen) atoms. The molecule has 1 aliphatic rings. The second-order valence-electron chi connectivity index (χ2n) is 5.11. The van der Waals surface area contributed by atoms with Crippen LogP contribution in [0.5, 0.6) is 0 Å². The lowest BCUT2D eigenvalue weighted by molar-refractivity contribution is 0.111. The van der Waals surface area contributed by atoms with Crippen LogP contribution in [0.1, 0.15) is 18.9 Å². The Morgan fingerprint density at radius 3 is 2.60 bits per heavy atom. The molecule has 1 fully saturated rings. The van der Waals surface area contributed by atoms with Crippen LogP contribution in [-0.4, -0.2) is 60.4 Å². The van der Waals surface area contributed by atoms with Gasteiger partial charge in [0.15, 0.2) is 0 Å². The monoisotopic (exact) mass is 274 g/mol. The van der Waals surface area contributed by atoms with Crippen molar-refractivity contribution in [1.82, 2.24) is 14.8 Å². The molecule has 0 aliphatic carbocycles. The highest BCUT2D eigenvalue weighted by Gasteiger charge is 2.33. The molecule has 1 aromatic rings. The third-order valence-electron chi connectivity index (χ3n) is 3.49. The Balaban J connectivity index is 2.03. The van der Waals surface area contributed by atoms with Gasteiger partial charge < -0.3 is 4.90 Å². The maximum atomic E-state index is 12.3. The highest BCUT2D eigenvalue weighted by Crippen LogP contribution is 2.16. The van der Waals surface area contributed by atoms with Crippen LogP contribution in [0.2, 0.25) is 0 Å². The minimum Gasteiger partial charge on any atom is -0.306 e. The zero-order chi connectivity index (χ0) is 14.5. The Morgan fingerprint density at radius 1 is 1.30 bits per heavy atom. The third-order valence-corrected chi connectivity index (χ3v) is 3.49. The maximum Gasteiger partial charge on any atom is 0.341 e. The molecule has 2 rings (SSSR count). The summed E-state index contributed by atoms with van der Waals surface area (Å²) >= 11 is 0. The van der Waals surface area contributed by atoms with Gasteiger partial charge in [-0.1, -0.05) is 37.3 Å². The number of rotatable bonds is 5. The Morgan fingerprint density at radius 2 is 2.00 bits per heavy atom. The summed E-state index contributed by atoms with van der Waals surface area (Å²) in [5.74, 6) is 0. The Bertz CT molecular complexity index is 472. The Labute approximate surface area is 120 Å². The summed E-state index contributed by atoms with van der Waals surface area (Å²) in [5, 5.41) is 5.84. The summed E-state index contributed by atoms with van der Waals surface area (Å²) in [4.78, 5) is 16.3. The minimum atomic E-state index is -0.0160. The number of hydrogen-bond acceptors (Lipinski definition) is 3. The van der Waals surface area contributed by atoms with Gasteiger partial charge in [-0.05, 0) is 26.1 Å². The highest BCUT2D eigenvalue weighted by atomic mass is 16.2. The van der Waals surface area contributed by atoms with Gasteiger partial charge in [-0.15, -0.1) is 0 Å². The van der Waals surface area contributed by atoms with Crippen LogP contribution in [0.25, 0.3) is 0 Å². The molecule has 0 bridgehead atoms. The van der Waals surface area contributed by atoms with Crippen LogP contribution < -0.4 is 0 Å². The second kappa shape index (κ2) is 6.52. The fraction of sp³-hybridized carbons (Fsp3) is 0.467. The molecule has 5 nitrogen and oxygen atoms in total. The molecule has 0 N–H and O–H groups in total. The molecule has 1 atom stereocenters. The predicted molar refractivity (Wildman–Crippen MR) is 80.6 cm³/mol. The van der Waals surface area contributed by atoms with Crippen molar-refractivity contribution in [2.75, 3.05) is 27.2 Å². The van der Waals surface area contributed by atoms with Crippen molar-refractivity contribution in [2.24, 2.45) is 5.10 Å². The maximum absolute atomic E-state index is 12.3. The molecule has 0 aromatic heterocycles. The van der Waals surface area contributed by atoms with Crippen LogP contribution >= 0.6 is 0 Å². The second-order valence-corrected chi connectivity index (χ2v) is 5.11. The number of hydrogen-bond donors (Lipinski definition) is 0. The van der Waals surface area contributed by atoms with E-state index in [0.29, 0.717) is 6.54 Å². The van der Waals surface area contributed by atoms with Gasteiger partial charge in [0.25, 0.3) is 0 Å². The normalized spacial score (nSPS) is 17.5. The molecule has 1 aliphatic heterocycles. The predicted octanol–water partition coefficient (Wildman–Crippen LogP) is 2.06. The van der Waals surface area contributed by atoms with Gasteiger partial charge in [0, 0.05) is 6.54 Å². The zero-order valence-corrected chi connectivity index (χ0v) is 12.4. The van der Waals surface area contributed by atoms with E-state index in [1.54, 1.807) is 11.2 Å². The smallest absolute Gasteiger partial charge is 0.306 e. The lowest BCUT2D eigenvalue weighted by Crippen LogP contribution is -2.46. The van der Waals surface area contributed by atoms with Crippen molar-refractivity contribution < 1.29 is 4.79 Å². The van der Waals surface area contributed by atoms with E-state index in [1.807, 2.05) is 49.3 Å². The van der Waals surface area contributed by atoms with E-state index in [2.05, 4.69) is 16.9 Å². The van der Waals surface area contributed by atoms with Crippen molar-refractivity contribution in [1.29, 1.82) is 0 Å². The van der Waals surface area contributed by atoms with Crippen LogP contribution in [0, 0.1) is 0 Å². The van der Waals surface area contributed by atoms with Gasteiger partial charge in [0.1, 0.15) is 0 Å². The molecule has 2 amide bonds. The first-order valence-corrected chi connectivity index (χ1v) is 6.97. The average Bonchev–Trinajstić information content (AvgIpc) is 2.80. The van der Waals surface area contributed by atoms with Gasteiger partial charge in [-0.3, -0.25) is 4.90 Å². The third kappa shape index (κ3) is 3.17. The molecule has 0 spiro atoms. The minimum absolute atomic E-state index is 0.0160. The largest absolute Gasteiger partial charge is 0.341 e. The van der Waals surface area contributed by atoms with Gasteiger partial charge >= 0.3 is 6.03 Å². The van der Waals surface area contributed by atoms with Gasteiger partial charge in [-0.2, -0.15) is 5.10 Å². The zero-order valence-electron chi connectivity index (χ0n) is 12.4. The van der Waals surface area contributed by atoms with Gasteiger partial charge in [-0.25, -0.2) is 9.80 Å². The van der Waals surface area contributed by atoms with Gasteiger partial charge in [0.2, 0.25) is 0 Å². The molecular formula is C15H22N4O. The Hall–Kier alpha value is -1.88. The molecule has 1 aromatic carbocycles. The highest BCUT2D eigenvalue weighted by molar-refractivity contribution is 5.82. The summed E-state index contributed by atoms with van der Waals surface area (Å²) in [5.41, 5.74) is 0.999. The standard InChI is InChI=1S/C15H22N4O/c1-4-14(17(2)3)18-10-11-19(15(18)20)16-12-13-8-6-5-7-9-13/h5-9,12,14H,4,10-11H2,1-3H3/b16-12+. The van der Waals surface area contributed by atoms with E-state index in [1.165, 1.54) is 0 Å². The van der Waals surface area contributed by atoms with Crippen LogP contribution in [0.3, 0.4) is 0 Å². The SMILES string of the molecule is CCC(N(C)C)N1CCN(/N=C/c2ccccc2)C1=O. The summed E-state index contributed by atoms with van der Waals surface area (Å²) < 4.78 is 0. The first-order valence-electron chi connectivity index (χ1n) is 6.97. The van der Waals surface area contributed by atoms with E-state index < -0.39 is 0 Å². The molecule has 108 valence electrons. The quantitative estimate of drug-likeness (QED) is 0.771. The van der Waals surface area contributed by atoms with Crippen LogP contribution in [0.15, 0.2) is 35.4 Å². The van der Waals surface area contributed by atoms with Crippen LogP contribution in [-0.2, 0) is 0 Å². The molecule has 1 saturated heterocycles. The van der Waals surface area contributed by atoms with Crippen molar-refractivity contribution in [2.45, 2.75) is 19.5 Å². The fourth-order valence-corrected chi connectivity index (χ4v) is 2.47. The number of urea groups is 1. The number of hydrazone groups is 1. The van der Waals surface area contributed by atoms with Crippen molar-refractivity contribution in [3.63, 3.8) is 0 Å². The van der Waals surface area contributed by atoms with E-state index >= 15 is 0 Å². The first kappa shape index (κ1) is 14.5. The number of amides is 2. The first-order chi connectivity index (χ1) is 9.63. The molecule has 0 saturated carbocycles. The number of nitrogens with zero attached hydrogens (tertiary/aromatic N) is 4. The molecule has 0 radical (unpaired) electrons. The lowest BCUT2D eigenvalue weighted by Gasteiger charge is -2.31.